The summed E-state index contributed by atoms with van der Waals surface area (Å²) in [4.78, 5) is 17.6. The molecule has 0 atom stereocenters. The number of nitrogens with zero attached hydrogens (tertiary/aromatic N) is 3. The van der Waals surface area contributed by atoms with Crippen LogP contribution in [0.4, 0.5) is 10.5 Å². The molecule has 1 fully saturated rings. The number of amidine groups is 1. The van der Waals surface area contributed by atoms with E-state index < -0.39 is 0 Å². The first-order valence-electron chi connectivity index (χ1n) is 10.9. The molecule has 1 saturated heterocycles. The number of hydrogen-bond acceptors (Lipinski definition) is 6. The molecular weight excluding hydrogens is 460 g/mol. The Morgan fingerprint density at radius 3 is 2.23 bits per heavy atom. The number of nitrogens with one attached hydrogen (secondary N) is 1. The molecule has 5 rings (SSSR count). The summed E-state index contributed by atoms with van der Waals surface area (Å²) in [6.07, 6.45) is 3.90. The number of aliphatic imine (C=N–C) groups is 1. The van der Waals surface area contributed by atoms with Crippen molar-refractivity contribution in [1.82, 2.24) is 15.1 Å². The number of hydrogen-bond donors (Lipinski definition) is 1. The first-order chi connectivity index (χ1) is 17.1. The van der Waals surface area contributed by atoms with Gasteiger partial charge in [-0.15, -0.1) is 0 Å². The van der Waals surface area contributed by atoms with Gasteiger partial charge in [-0.25, -0.2) is 9.67 Å². The molecular formula is C27H22N4O3S. The summed E-state index contributed by atoms with van der Waals surface area (Å²) in [6.45, 7) is 0. The van der Waals surface area contributed by atoms with E-state index in [0.29, 0.717) is 16.4 Å². The number of benzene rings is 3. The number of carbonyl (C=O) groups excluding carboxylic acids is 1. The monoisotopic (exact) mass is 482 g/mol. The molecule has 0 radical (unpaired) electrons. The van der Waals surface area contributed by atoms with Gasteiger partial charge in [0.2, 0.25) is 0 Å². The fraction of sp³-hybridized carbons (Fsp3) is 0.0741. The Bertz CT molecular complexity index is 1410. The first-order valence-corrected chi connectivity index (χ1v) is 11.7. The van der Waals surface area contributed by atoms with Crippen molar-refractivity contribution in [1.29, 1.82) is 0 Å². The molecule has 35 heavy (non-hydrogen) atoms. The average Bonchev–Trinajstić information content (AvgIpc) is 3.48. The number of rotatable bonds is 6. The van der Waals surface area contributed by atoms with E-state index in [4.69, 9.17) is 14.6 Å². The van der Waals surface area contributed by atoms with Gasteiger partial charge in [-0.05, 0) is 78.5 Å². The summed E-state index contributed by atoms with van der Waals surface area (Å²) < 4.78 is 12.4. The summed E-state index contributed by atoms with van der Waals surface area (Å²) in [5, 5.41) is 7.53. The topological polar surface area (TPSA) is 77.7 Å². The van der Waals surface area contributed by atoms with E-state index in [1.807, 2.05) is 95.8 Å². The van der Waals surface area contributed by atoms with E-state index in [1.165, 1.54) is 0 Å². The smallest absolute Gasteiger partial charge is 0.289 e. The SMILES string of the molecule is COc1ccc(N=C2NC(=O)S/C2=C\c2cn(-c3ccccc3)nc2-c2ccc(OC)cc2)cc1. The van der Waals surface area contributed by atoms with E-state index in [9.17, 15) is 4.79 Å². The second-order valence-corrected chi connectivity index (χ2v) is 8.64. The average molecular weight is 483 g/mol. The van der Waals surface area contributed by atoms with Crippen LogP contribution in [0.25, 0.3) is 23.0 Å². The number of aromatic nitrogens is 2. The highest BCUT2D eigenvalue weighted by molar-refractivity contribution is 8.18. The Kier molecular flexibility index (Phi) is 6.36. The molecule has 1 aliphatic heterocycles. The lowest BCUT2D eigenvalue weighted by Crippen LogP contribution is -2.18. The predicted molar refractivity (Wildman–Crippen MR) is 140 cm³/mol. The molecule has 1 aromatic heterocycles. The second-order valence-electron chi connectivity index (χ2n) is 7.62. The maximum Gasteiger partial charge on any atom is 0.289 e. The number of amides is 1. The Labute approximate surface area is 207 Å². The van der Waals surface area contributed by atoms with Gasteiger partial charge in [0.15, 0.2) is 0 Å². The van der Waals surface area contributed by atoms with Crippen LogP contribution < -0.4 is 14.8 Å². The maximum atomic E-state index is 12.3. The van der Waals surface area contributed by atoms with Crippen LogP contribution in [-0.4, -0.2) is 35.1 Å². The molecule has 1 N–H and O–H groups in total. The van der Waals surface area contributed by atoms with Crippen LogP contribution in [0.5, 0.6) is 11.5 Å². The van der Waals surface area contributed by atoms with Crippen molar-refractivity contribution in [3.63, 3.8) is 0 Å². The van der Waals surface area contributed by atoms with Crippen molar-refractivity contribution in [2.75, 3.05) is 14.2 Å². The second kappa shape index (κ2) is 9.90. The lowest BCUT2D eigenvalue weighted by molar-refractivity contribution is 0.265. The highest BCUT2D eigenvalue weighted by Crippen LogP contribution is 2.33. The third-order valence-electron chi connectivity index (χ3n) is 5.38. The summed E-state index contributed by atoms with van der Waals surface area (Å²) in [6, 6.07) is 25.0. The summed E-state index contributed by atoms with van der Waals surface area (Å²) in [5.74, 6) is 2.01. The number of thioether (sulfide) groups is 1. The predicted octanol–water partition coefficient (Wildman–Crippen LogP) is 6.08. The molecule has 0 aliphatic carbocycles. The van der Waals surface area contributed by atoms with Gasteiger partial charge in [0.05, 0.1) is 36.2 Å². The quantitative estimate of drug-likeness (QED) is 0.360. The minimum absolute atomic E-state index is 0.176. The zero-order chi connectivity index (χ0) is 24.2. The van der Waals surface area contributed by atoms with Gasteiger partial charge in [-0.3, -0.25) is 4.79 Å². The minimum Gasteiger partial charge on any atom is -0.497 e. The molecule has 1 aliphatic rings. The normalized spacial score (nSPS) is 15.4. The highest BCUT2D eigenvalue weighted by atomic mass is 32.2. The summed E-state index contributed by atoms with van der Waals surface area (Å²) >= 11 is 1.11. The van der Waals surface area contributed by atoms with Crippen molar-refractivity contribution in [3.8, 4) is 28.4 Å². The molecule has 7 nitrogen and oxygen atoms in total. The maximum absolute atomic E-state index is 12.3. The Hall–Kier alpha value is -4.30. The number of ether oxygens (including phenoxy) is 2. The van der Waals surface area contributed by atoms with E-state index >= 15 is 0 Å². The molecule has 0 bridgehead atoms. The fourth-order valence-corrected chi connectivity index (χ4v) is 4.35. The lowest BCUT2D eigenvalue weighted by Gasteiger charge is -2.03. The molecule has 0 saturated carbocycles. The van der Waals surface area contributed by atoms with Gasteiger partial charge in [0, 0.05) is 17.3 Å². The Morgan fingerprint density at radius 1 is 0.914 bits per heavy atom. The van der Waals surface area contributed by atoms with Crippen LogP contribution >= 0.6 is 11.8 Å². The third-order valence-corrected chi connectivity index (χ3v) is 6.20. The molecule has 4 aromatic rings. The molecule has 1 amide bonds. The third kappa shape index (κ3) is 4.97. The Morgan fingerprint density at radius 2 is 1.57 bits per heavy atom. The van der Waals surface area contributed by atoms with E-state index in [1.54, 1.807) is 14.2 Å². The molecule has 2 heterocycles. The Balaban J connectivity index is 1.58. The fourth-order valence-electron chi connectivity index (χ4n) is 3.62. The van der Waals surface area contributed by atoms with E-state index in [0.717, 1.165) is 45.8 Å². The standard InChI is InChI=1S/C27H22N4O3S/c1-33-22-12-8-18(9-13-22)25-19(17-31(30-25)21-6-4-3-5-7-21)16-24-26(29-27(32)35-24)28-20-10-14-23(34-2)15-11-20/h3-17H,1-2H3,(H,28,29,32)/b24-16-. The van der Waals surface area contributed by atoms with Gasteiger partial charge in [-0.1, -0.05) is 18.2 Å². The van der Waals surface area contributed by atoms with Gasteiger partial charge >= 0.3 is 0 Å². The van der Waals surface area contributed by atoms with Crippen molar-refractivity contribution in [2.24, 2.45) is 4.99 Å². The zero-order valence-electron chi connectivity index (χ0n) is 19.1. The van der Waals surface area contributed by atoms with Crippen LogP contribution in [0.3, 0.4) is 0 Å². The van der Waals surface area contributed by atoms with Crippen molar-refractivity contribution >= 4 is 34.6 Å². The number of para-hydroxylation sites is 1. The van der Waals surface area contributed by atoms with E-state index in [-0.39, 0.29) is 5.24 Å². The largest absolute Gasteiger partial charge is 0.497 e. The summed E-state index contributed by atoms with van der Waals surface area (Å²) in [5.41, 5.74) is 4.23. The number of methoxy groups -OCH3 is 2. The van der Waals surface area contributed by atoms with Gasteiger partial charge in [0.1, 0.15) is 17.3 Å². The van der Waals surface area contributed by atoms with Crippen LogP contribution in [0.1, 0.15) is 5.56 Å². The van der Waals surface area contributed by atoms with Gasteiger partial charge < -0.3 is 14.8 Å². The molecule has 174 valence electrons. The van der Waals surface area contributed by atoms with Gasteiger partial charge in [0.25, 0.3) is 5.24 Å². The minimum atomic E-state index is -0.176. The van der Waals surface area contributed by atoms with Crippen molar-refractivity contribution in [2.45, 2.75) is 0 Å². The van der Waals surface area contributed by atoms with Gasteiger partial charge in [-0.2, -0.15) is 5.10 Å². The van der Waals surface area contributed by atoms with Crippen LogP contribution in [-0.2, 0) is 0 Å². The van der Waals surface area contributed by atoms with E-state index in [2.05, 4.69) is 10.3 Å². The number of carbonyl (C=O) groups is 1. The first kappa shape index (κ1) is 22.5. The zero-order valence-corrected chi connectivity index (χ0v) is 20.0. The highest BCUT2D eigenvalue weighted by Gasteiger charge is 2.25. The molecule has 0 spiro atoms. The van der Waals surface area contributed by atoms with Crippen LogP contribution in [0, 0.1) is 0 Å². The van der Waals surface area contributed by atoms with Crippen LogP contribution in [0.2, 0.25) is 0 Å². The molecule has 0 unspecified atom stereocenters. The van der Waals surface area contributed by atoms with Crippen molar-refractivity contribution < 1.29 is 14.3 Å². The summed E-state index contributed by atoms with van der Waals surface area (Å²) in [7, 11) is 3.26. The molecule has 3 aromatic carbocycles. The molecule has 8 heteroatoms. The lowest BCUT2D eigenvalue weighted by atomic mass is 10.1. The van der Waals surface area contributed by atoms with Crippen LogP contribution in [0.15, 0.2) is 95.0 Å². The van der Waals surface area contributed by atoms with Crippen molar-refractivity contribution in [3.05, 3.63) is 95.5 Å².